The van der Waals surface area contributed by atoms with Crippen molar-refractivity contribution in [3.05, 3.63) is 0 Å². The fraction of sp³-hybridized carbons (Fsp3) is 1.00. The minimum Gasteiger partial charge on any atom is -0.309 e. The summed E-state index contributed by atoms with van der Waals surface area (Å²) in [5.74, 6) is 0. The minimum absolute atomic E-state index is 0. The van der Waals surface area contributed by atoms with Gasteiger partial charge in [-0.2, -0.15) is 0 Å². The number of nitrogens with one attached hydrogen (secondary N) is 1. The van der Waals surface area contributed by atoms with Gasteiger partial charge >= 0.3 is 0 Å². The summed E-state index contributed by atoms with van der Waals surface area (Å²) in [5, 5.41) is 3.62. The first-order valence-corrected chi connectivity index (χ1v) is 4.24. The van der Waals surface area contributed by atoms with Crippen molar-refractivity contribution < 1.29 is 0 Å². The first-order valence-electron chi connectivity index (χ1n) is 4.24. The smallest absolute Gasteiger partial charge is 0.0437 e. The molecule has 0 aliphatic carbocycles. The highest BCUT2D eigenvalue weighted by Crippen LogP contribution is 2.27. The molecule has 2 aliphatic heterocycles. The molecule has 0 saturated carbocycles. The van der Waals surface area contributed by atoms with Crippen molar-refractivity contribution >= 4 is 12.4 Å². The van der Waals surface area contributed by atoms with Crippen molar-refractivity contribution in [1.82, 2.24) is 10.2 Å². The zero-order valence-electron chi connectivity index (χ0n) is 7.10. The van der Waals surface area contributed by atoms with E-state index in [1.807, 2.05) is 0 Å². The molecule has 0 aromatic heterocycles. The van der Waals surface area contributed by atoms with Gasteiger partial charge in [0.2, 0.25) is 0 Å². The van der Waals surface area contributed by atoms with Crippen LogP contribution in [0.1, 0.15) is 19.3 Å². The van der Waals surface area contributed by atoms with Gasteiger partial charge in [-0.05, 0) is 26.4 Å². The van der Waals surface area contributed by atoms with Gasteiger partial charge in [0.05, 0.1) is 0 Å². The zero-order chi connectivity index (χ0) is 7.03. The van der Waals surface area contributed by atoms with Crippen molar-refractivity contribution in [3.63, 3.8) is 0 Å². The fourth-order valence-electron chi connectivity index (χ4n) is 2.29. The Morgan fingerprint density at radius 2 is 2.00 bits per heavy atom. The molecule has 0 aromatic carbocycles. The van der Waals surface area contributed by atoms with E-state index in [4.69, 9.17) is 0 Å². The first kappa shape index (κ1) is 9.30. The number of hydrogen-bond donors (Lipinski definition) is 1. The van der Waals surface area contributed by atoms with Gasteiger partial charge in [0.1, 0.15) is 0 Å². The van der Waals surface area contributed by atoms with Crippen molar-refractivity contribution in [2.24, 2.45) is 0 Å². The molecule has 0 bridgehead atoms. The summed E-state index contributed by atoms with van der Waals surface area (Å²) in [6.07, 6.45) is 4.21. The van der Waals surface area contributed by atoms with E-state index in [-0.39, 0.29) is 12.4 Å². The lowest BCUT2D eigenvalue weighted by Gasteiger charge is -2.51. The van der Waals surface area contributed by atoms with Crippen LogP contribution >= 0.6 is 12.4 Å². The molecule has 2 nitrogen and oxygen atoms in total. The number of likely N-dealkylation sites (N-methyl/N-ethyl adjacent to an activating group) is 1. The van der Waals surface area contributed by atoms with Crippen molar-refractivity contribution in [3.8, 4) is 0 Å². The molecule has 1 N–H and O–H groups in total. The van der Waals surface area contributed by atoms with Crippen LogP contribution in [-0.4, -0.2) is 37.1 Å². The summed E-state index contributed by atoms with van der Waals surface area (Å²) in [4.78, 5) is 2.39. The highest BCUT2D eigenvalue weighted by molar-refractivity contribution is 5.85. The highest BCUT2D eigenvalue weighted by Gasteiger charge is 2.41. The molecule has 2 heterocycles. The van der Waals surface area contributed by atoms with Crippen LogP contribution in [0.5, 0.6) is 0 Å². The maximum absolute atomic E-state index is 3.62. The van der Waals surface area contributed by atoms with Gasteiger partial charge in [-0.25, -0.2) is 0 Å². The molecule has 2 fully saturated rings. The van der Waals surface area contributed by atoms with E-state index in [1.54, 1.807) is 0 Å². The maximum Gasteiger partial charge on any atom is 0.0437 e. The summed E-state index contributed by atoms with van der Waals surface area (Å²) >= 11 is 0. The Kier molecular flexibility index (Phi) is 2.79. The normalized spacial score (nSPS) is 29.2. The molecule has 1 spiro atoms. The number of nitrogens with zero attached hydrogens (tertiary/aromatic N) is 1. The fourth-order valence-corrected chi connectivity index (χ4v) is 2.29. The largest absolute Gasteiger partial charge is 0.309 e. The van der Waals surface area contributed by atoms with Crippen molar-refractivity contribution in [2.45, 2.75) is 24.8 Å². The summed E-state index contributed by atoms with van der Waals surface area (Å²) in [6, 6.07) is 0. The second kappa shape index (κ2) is 3.30. The third kappa shape index (κ3) is 1.68. The van der Waals surface area contributed by atoms with E-state index in [9.17, 15) is 0 Å². The van der Waals surface area contributed by atoms with Gasteiger partial charge in [0, 0.05) is 18.6 Å². The molecule has 11 heavy (non-hydrogen) atoms. The van der Waals surface area contributed by atoms with E-state index >= 15 is 0 Å². The van der Waals surface area contributed by atoms with Gasteiger partial charge in [-0.15, -0.1) is 12.4 Å². The van der Waals surface area contributed by atoms with E-state index < -0.39 is 0 Å². The molecule has 0 radical (unpaired) electrons. The monoisotopic (exact) mass is 176 g/mol. The lowest BCUT2D eigenvalue weighted by atomic mass is 9.82. The number of hydrogen-bond acceptors (Lipinski definition) is 2. The predicted octanol–water partition coefficient (Wildman–Crippen LogP) is 0.866. The maximum atomic E-state index is 3.62. The van der Waals surface area contributed by atoms with Crippen LogP contribution in [0.15, 0.2) is 0 Å². The molecule has 0 amide bonds. The lowest BCUT2D eigenvalue weighted by Crippen LogP contribution is -2.69. The van der Waals surface area contributed by atoms with Crippen LogP contribution in [-0.2, 0) is 0 Å². The predicted molar refractivity (Wildman–Crippen MR) is 49.3 cm³/mol. The highest BCUT2D eigenvalue weighted by atomic mass is 35.5. The number of piperidine rings is 1. The molecular formula is C8H17ClN2. The summed E-state index contributed by atoms with van der Waals surface area (Å²) < 4.78 is 0. The second-order valence-electron chi connectivity index (χ2n) is 3.84. The third-order valence-corrected chi connectivity index (χ3v) is 2.73. The van der Waals surface area contributed by atoms with Crippen LogP contribution in [0, 0.1) is 0 Å². The molecule has 3 heteroatoms. The topological polar surface area (TPSA) is 15.3 Å². The molecular weight excluding hydrogens is 160 g/mol. The number of rotatable bonds is 0. The van der Waals surface area contributed by atoms with Gasteiger partial charge < -0.3 is 10.2 Å². The molecule has 0 aromatic rings. The van der Waals surface area contributed by atoms with Crippen molar-refractivity contribution in [2.75, 3.05) is 26.7 Å². The second-order valence-corrected chi connectivity index (χ2v) is 3.84. The quantitative estimate of drug-likeness (QED) is 0.589. The van der Waals surface area contributed by atoms with Gasteiger partial charge in [0.25, 0.3) is 0 Å². The average Bonchev–Trinajstić information content (AvgIpc) is 1.87. The number of likely N-dealkylation sites (tertiary alicyclic amines) is 1. The van der Waals surface area contributed by atoms with E-state index in [0.717, 1.165) is 0 Å². The zero-order valence-corrected chi connectivity index (χ0v) is 7.91. The molecule has 66 valence electrons. The molecule has 0 atom stereocenters. The van der Waals surface area contributed by atoms with Crippen LogP contribution in [0.2, 0.25) is 0 Å². The summed E-state index contributed by atoms with van der Waals surface area (Å²) in [7, 11) is 2.20. The SMILES string of the molecule is CN1CC2(CCCCN2)C1.Cl. The van der Waals surface area contributed by atoms with Crippen LogP contribution in [0.25, 0.3) is 0 Å². The Morgan fingerprint density at radius 3 is 2.45 bits per heavy atom. The van der Waals surface area contributed by atoms with Gasteiger partial charge in [0.15, 0.2) is 0 Å². The van der Waals surface area contributed by atoms with E-state index in [2.05, 4.69) is 17.3 Å². The molecule has 2 saturated heterocycles. The molecule has 0 unspecified atom stereocenters. The summed E-state index contributed by atoms with van der Waals surface area (Å²) in [5.41, 5.74) is 0.549. The Labute approximate surface area is 74.7 Å². The standard InChI is InChI=1S/C8H16N2.ClH/c1-10-6-8(7-10)4-2-3-5-9-8;/h9H,2-7H2,1H3;1H. The Hall–Kier alpha value is 0.210. The minimum atomic E-state index is 0. The molecule has 2 aliphatic rings. The number of halogens is 1. The van der Waals surface area contributed by atoms with Gasteiger partial charge in [-0.1, -0.05) is 6.42 Å². The van der Waals surface area contributed by atoms with Crippen molar-refractivity contribution in [1.29, 1.82) is 0 Å². The Morgan fingerprint density at radius 1 is 1.27 bits per heavy atom. The van der Waals surface area contributed by atoms with Crippen LogP contribution in [0.3, 0.4) is 0 Å². The summed E-state index contributed by atoms with van der Waals surface area (Å²) in [6.45, 7) is 3.79. The average molecular weight is 177 g/mol. The van der Waals surface area contributed by atoms with Crippen LogP contribution < -0.4 is 5.32 Å². The first-order chi connectivity index (χ1) is 4.81. The van der Waals surface area contributed by atoms with E-state index in [0.29, 0.717) is 5.54 Å². The van der Waals surface area contributed by atoms with Crippen LogP contribution in [0.4, 0.5) is 0 Å². The third-order valence-electron chi connectivity index (χ3n) is 2.73. The lowest BCUT2D eigenvalue weighted by molar-refractivity contribution is 0.0436. The Balaban J connectivity index is 0.000000605. The Bertz CT molecular complexity index is 117. The van der Waals surface area contributed by atoms with Gasteiger partial charge in [-0.3, -0.25) is 0 Å². The molecule has 2 rings (SSSR count). The van der Waals surface area contributed by atoms with E-state index in [1.165, 1.54) is 38.9 Å².